The average molecular weight is 274 g/mol. The Hall–Kier alpha value is -2.13. The van der Waals surface area contributed by atoms with Crippen molar-refractivity contribution in [2.45, 2.75) is 17.3 Å². The van der Waals surface area contributed by atoms with Crippen molar-refractivity contribution < 1.29 is 4.39 Å². The number of benzene rings is 1. The van der Waals surface area contributed by atoms with Crippen molar-refractivity contribution in [1.82, 2.24) is 15.2 Å². The summed E-state index contributed by atoms with van der Waals surface area (Å²) in [5.74, 6) is 0.331. The van der Waals surface area contributed by atoms with Crippen molar-refractivity contribution in [2.24, 2.45) is 0 Å². The van der Waals surface area contributed by atoms with E-state index in [2.05, 4.69) is 21.3 Å². The van der Waals surface area contributed by atoms with Gasteiger partial charge in [0.2, 0.25) is 5.16 Å². The first-order valence-electron chi connectivity index (χ1n) is 5.59. The molecule has 0 spiro atoms. The average Bonchev–Trinajstić information content (AvgIpc) is 2.85. The van der Waals surface area contributed by atoms with Crippen LogP contribution >= 0.6 is 11.8 Å². The van der Waals surface area contributed by atoms with E-state index in [9.17, 15) is 4.39 Å². The summed E-state index contributed by atoms with van der Waals surface area (Å²) in [6.07, 6.45) is 3.56. The van der Waals surface area contributed by atoms with E-state index in [0.717, 1.165) is 5.56 Å². The van der Waals surface area contributed by atoms with E-state index >= 15 is 0 Å². The fraction of sp³-hybridized carbons (Fsp3) is 0.154. The smallest absolute Gasteiger partial charge is 0.209 e. The van der Waals surface area contributed by atoms with Crippen LogP contribution < -0.4 is 0 Å². The standard InChI is InChI=1S/C13H11FN4S/c1-9(8-15)19-13-16-12(17-18-13)7-4-10-2-5-11(14)6-3-10/h2-7,9H,1H3,(H,16,17,18)/b7-4+. The Kier molecular flexibility index (Phi) is 4.31. The van der Waals surface area contributed by atoms with Crippen molar-refractivity contribution in [3.8, 4) is 6.07 Å². The topological polar surface area (TPSA) is 65.4 Å². The molecule has 0 aliphatic rings. The maximum Gasteiger partial charge on any atom is 0.209 e. The molecule has 96 valence electrons. The minimum atomic E-state index is -0.263. The minimum Gasteiger partial charge on any atom is -0.259 e. The van der Waals surface area contributed by atoms with Gasteiger partial charge in [-0.2, -0.15) is 5.26 Å². The fourth-order valence-electron chi connectivity index (χ4n) is 1.32. The zero-order valence-electron chi connectivity index (χ0n) is 10.2. The zero-order chi connectivity index (χ0) is 13.7. The lowest BCUT2D eigenvalue weighted by atomic mass is 10.2. The van der Waals surface area contributed by atoms with Crippen LogP contribution in [0.3, 0.4) is 0 Å². The number of nitriles is 1. The van der Waals surface area contributed by atoms with E-state index in [0.29, 0.717) is 11.0 Å². The highest BCUT2D eigenvalue weighted by Crippen LogP contribution is 2.18. The maximum absolute atomic E-state index is 12.7. The van der Waals surface area contributed by atoms with Gasteiger partial charge in [0.15, 0.2) is 0 Å². The third kappa shape index (κ3) is 3.93. The second kappa shape index (κ2) is 6.16. The van der Waals surface area contributed by atoms with Crippen molar-refractivity contribution >= 4 is 23.9 Å². The molecule has 1 aromatic heterocycles. The highest BCUT2D eigenvalue weighted by Gasteiger charge is 2.06. The lowest BCUT2D eigenvalue weighted by molar-refractivity contribution is 0.628. The van der Waals surface area contributed by atoms with Gasteiger partial charge >= 0.3 is 0 Å². The van der Waals surface area contributed by atoms with Crippen molar-refractivity contribution in [2.75, 3.05) is 0 Å². The minimum absolute atomic E-state index is 0.190. The number of H-pyrrole nitrogens is 1. The molecular weight excluding hydrogens is 263 g/mol. The lowest BCUT2D eigenvalue weighted by Crippen LogP contribution is -1.90. The van der Waals surface area contributed by atoms with Crippen LogP contribution in [0.4, 0.5) is 4.39 Å². The SMILES string of the molecule is CC(C#N)Sc1n[nH]c(/C=C/c2ccc(F)cc2)n1. The Labute approximate surface area is 114 Å². The first kappa shape index (κ1) is 13.3. The molecule has 0 aliphatic carbocycles. The Morgan fingerprint density at radius 3 is 2.79 bits per heavy atom. The molecule has 6 heteroatoms. The molecule has 1 atom stereocenters. The number of halogens is 1. The van der Waals surface area contributed by atoms with Crippen molar-refractivity contribution in [3.63, 3.8) is 0 Å². The summed E-state index contributed by atoms with van der Waals surface area (Å²) < 4.78 is 12.7. The third-order valence-electron chi connectivity index (χ3n) is 2.25. The molecule has 0 saturated carbocycles. The first-order valence-corrected chi connectivity index (χ1v) is 6.47. The second-order valence-electron chi connectivity index (χ2n) is 3.78. The van der Waals surface area contributed by atoms with Crippen LogP contribution in [0.1, 0.15) is 18.3 Å². The Morgan fingerprint density at radius 1 is 1.37 bits per heavy atom. The van der Waals surface area contributed by atoms with Gasteiger partial charge < -0.3 is 0 Å². The van der Waals surface area contributed by atoms with Crippen LogP contribution in [-0.4, -0.2) is 20.4 Å². The predicted molar refractivity (Wildman–Crippen MR) is 72.6 cm³/mol. The third-order valence-corrected chi connectivity index (χ3v) is 3.10. The van der Waals surface area contributed by atoms with Crippen LogP contribution in [0.2, 0.25) is 0 Å². The van der Waals surface area contributed by atoms with Crippen molar-refractivity contribution in [1.29, 1.82) is 5.26 Å². The van der Waals surface area contributed by atoms with Crippen LogP contribution in [-0.2, 0) is 0 Å². The summed E-state index contributed by atoms with van der Waals surface area (Å²) in [7, 11) is 0. The molecule has 1 aromatic carbocycles. The van der Waals surface area contributed by atoms with Gasteiger partial charge in [-0.3, -0.25) is 5.10 Å². The van der Waals surface area contributed by atoms with Gasteiger partial charge in [-0.05, 0) is 30.7 Å². The molecular formula is C13H11FN4S. The Bertz CT molecular complexity index is 612. The fourth-order valence-corrected chi connectivity index (χ4v) is 1.94. The zero-order valence-corrected chi connectivity index (χ0v) is 11.0. The van der Waals surface area contributed by atoms with E-state index in [1.165, 1.54) is 23.9 Å². The molecule has 19 heavy (non-hydrogen) atoms. The number of nitrogens with one attached hydrogen (secondary N) is 1. The molecule has 1 N–H and O–H groups in total. The van der Waals surface area contributed by atoms with E-state index in [-0.39, 0.29) is 11.1 Å². The number of rotatable bonds is 4. The molecule has 0 bridgehead atoms. The summed E-state index contributed by atoms with van der Waals surface area (Å²) in [6, 6.07) is 8.25. The van der Waals surface area contributed by atoms with Gasteiger partial charge in [0.1, 0.15) is 11.6 Å². The molecule has 2 rings (SSSR count). The molecule has 1 unspecified atom stereocenters. The largest absolute Gasteiger partial charge is 0.259 e. The van der Waals surface area contributed by atoms with Gasteiger partial charge in [0, 0.05) is 0 Å². The molecule has 0 saturated heterocycles. The van der Waals surface area contributed by atoms with Gasteiger partial charge in [-0.25, -0.2) is 9.37 Å². The van der Waals surface area contributed by atoms with Gasteiger partial charge in [0.25, 0.3) is 0 Å². The summed E-state index contributed by atoms with van der Waals surface area (Å²) in [5.41, 5.74) is 0.873. The quantitative estimate of drug-likeness (QED) is 0.870. The van der Waals surface area contributed by atoms with Gasteiger partial charge in [0.05, 0.1) is 11.3 Å². The van der Waals surface area contributed by atoms with Gasteiger partial charge in [-0.1, -0.05) is 30.0 Å². The summed E-state index contributed by atoms with van der Waals surface area (Å²) in [5, 5.41) is 15.8. The summed E-state index contributed by atoms with van der Waals surface area (Å²) in [4.78, 5) is 4.22. The normalized spacial score (nSPS) is 12.5. The number of hydrogen-bond donors (Lipinski definition) is 1. The lowest BCUT2D eigenvalue weighted by Gasteiger charge is -1.93. The molecule has 0 radical (unpaired) electrons. The predicted octanol–water partition coefficient (Wildman–Crippen LogP) is 3.12. The Balaban J connectivity index is 2.03. The molecule has 0 fully saturated rings. The first-order chi connectivity index (χ1) is 9.17. The van der Waals surface area contributed by atoms with E-state index < -0.39 is 0 Å². The second-order valence-corrected chi connectivity index (χ2v) is 5.09. The van der Waals surface area contributed by atoms with Crippen LogP contribution in [0.15, 0.2) is 29.4 Å². The van der Waals surface area contributed by atoms with Gasteiger partial charge in [-0.15, -0.1) is 5.10 Å². The highest BCUT2D eigenvalue weighted by atomic mass is 32.2. The van der Waals surface area contributed by atoms with Crippen LogP contribution in [0.25, 0.3) is 12.2 Å². The van der Waals surface area contributed by atoms with E-state index in [1.807, 2.05) is 6.08 Å². The highest BCUT2D eigenvalue weighted by molar-refractivity contribution is 7.99. The maximum atomic E-state index is 12.7. The monoisotopic (exact) mass is 274 g/mol. The number of aromatic amines is 1. The molecule has 0 amide bonds. The molecule has 0 aliphatic heterocycles. The summed E-state index contributed by atoms with van der Waals surface area (Å²) >= 11 is 1.29. The van der Waals surface area contributed by atoms with E-state index in [4.69, 9.17) is 5.26 Å². The number of aromatic nitrogens is 3. The number of hydrogen-bond acceptors (Lipinski definition) is 4. The number of thioether (sulfide) groups is 1. The molecule has 4 nitrogen and oxygen atoms in total. The van der Waals surface area contributed by atoms with Crippen LogP contribution in [0, 0.1) is 17.1 Å². The van der Waals surface area contributed by atoms with Crippen molar-refractivity contribution in [3.05, 3.63) is 41.5 Å². The summed E-state index contributed by atoms with van der Waals surface area (Å²) in [6.45, 7) is 1.79. The molecule has 1 heterocycles. The number of nitrogens with zero attached hydrogens (tertiary/aromatic N) is 3. The van der Waals surface area contributed by atoms with E-state index in [1.54, 1.807) is 25.1 Å². The van der Waals surface area contributed by atoms with Crippen LogP contribution in [0.5, 0.6) is 0 Å². The Morgan fingerprint density at radius 2 is 2.11 bits per heavy atom. The molecule has 2 aromatic rings.